The molecule has 100 valence electrons. The summed E-state index contributed by atoms with van der Waals surface area (Å²) in [6.45, 7) is 1.47. The lowest BCUT2D eigenvalue weighted by molar-refractivity contribution is 0.142. The normalized spacial score (nSPS) is 18.7. The van der Waals surface area contributed by atoms with Crippen LogP contribution in [-0.4, -0.2) is 34.5 Å². The summed E-state index contributed by atoms with van der Waals surface area (Å²) in [6.07, 6.45) is 1.95. The van der Waals surface area contributed by atoms with E-state index in [0.29, 0.717) is 6.54 Å². The summed E-state index contributed by atoms with van der Waals surface area (Å²) in [5.41, 5.74) is 2.07. The number of rotatable bonds is 4. The molecular formula is C13H15N3O2S. The Morgan fingerprint density at radius 1 is 1.53 bits per heavy atom. The van der Waals surface area contributed by atoms with Crippen LogP contribution in [0.15, 0.2) is 30.5 Å². The molecule has 0 N–H and O–H groups in total. The smallest absolute Gasteiger partial charge is 0.148 e. The van der Waals surface area contributed by atoms with Gasteiger partial charge in [0.05, 0.1) is 26.5 Å². The molecule has 1 aromatic carbocycles. The first kappa shape index (κ1) is 12.5. The van der Waals surface area contributed by atoms with Crippen molar-refractivity contribution >= 4 is 11.8 Å². The van der Waals surface area contributed by atoms with E-state index in [1.807, 2.05) is 35.1 Å². The SMILES string of the molecule is COc1cccc(Cn2cc(C3OCCS3)nn2)c1. The standard InChI is InChI=1S/C13H15N3O2S/c1-17-11-4-2-3-10(7-11)8-16-9-12(14-15-16)13-18-5-6-19-13/h2-4,7,9,13H,5-6,8H2,1H3. The third-order valence-corrected chi connectivity index (χ3v) is 3.98. The summed E-state index contributed by atoms with van der Waals surface area (Å²) in [5.74, 6) is 1.88. The molecule has 1 aromatic heterocycles. The topological polar surface area (TPSA) is 49.2 Å². The van der Waals surface area contributed by atoms with Gasteiger partial charge in [-0.3, -0.25) is 0 Å². The van der Waals surface area contributed by atoms with Crippen molar-refractivity contribution in [3.05, 3.63) is 41.7 Å². The molecule has 1 saturated heterocycles. The van der Waals surface area contributed by atoms with Gasteiger partial charge in [-0.05, 0) is 17.7 Å². The molecule has 19 heavy (non-hydrogen) atoms. The predicted octanol–water partition coefficient (Wildman–Crippen LogP) is 2.10. The highest BCUT2D eigenvalue weighted by Crippen LogP contribution is 2.33. The number of aromatic nitrogens is 3. The maximum Gasteiger partial charge on any atom is 0.148 e. The maximum atomic E-state index is 5.57. The number of methoxy groups -OCH3 is 1. The highest BCUT2D eigenvalue weighted by atomic mass is 32.2. The van der Waals surface area contributed by atoms with Gasteiger partial charge in [0.15, 0.2) is 0 Å². The molecule has 1 unspecified atom stereocenters. The Balaban J connectivity index is 1.72. The van der Waals surface area contributed by atoms with Gasteiger partial charge in [0.1, 0.15) is 16.9 Å². The van der Waals surface area contributed by atoms with Gasteiger partial charge in [-0.1, -0.05) is 17.3 Å². The van der Waals surface area contributed by atoms with E-state index in [0.717, 1.165) is 29.4 Å². The van der Waals surface area contributed by atoms with Crippen LogP contribution in [0, 0.1) is 0 Å². The van der Waals surface area contributed by atoms with E-state index < -0.39 is 0 Å². The zero-order valence-electron chi connectivity index (χ0n) is 10.7. The first-order valence-corrected chi connectivity index (χ1v) is 7.16. The maximum absolute atomic E-state index is 5.57. The number of ether oxygens (including phenoxy) is 2. The van der Waals surface area contributed by atoms with Gasteiger partial charge >= 0.3 is 0 Å². The first-order valence-electron chi connectivity index (χ1n) is 6.11. The Bertz CT molecular complexity index is 552. The summed E-state index contributed by atoms with van der Waals surface area (Å²) < 4.78 is 12.6. The van der Waals surface area contributed by atoms with Crippen molar-refractivity contribution in [3.8, 4) is 5.75 Å². The fourth-order valence-corrected chi connectivity index (χ4v) is 2.86. The molecule has 0 aliphatic carbocycles. The van der Waals surface area contributed by atoms with Gasteiger partial charge in [-0.2, -0.15) is 0 Å². The van der Waals surface area contributed by atoms with E-state index in [4.69, 9.17) is 9.47 Å². The Labute approximate surface area is 115 Å². The Morgan fingerprint density at radius 2 is 2.47 bits per heavy atom. The molecule has 1 atom stereocenters. The van der Waals surface area contributed by atoms with Crippen molar-refractivity contribution < 1.29 is 9.47 Å². The van der Waals surface area contributed by atoms with Gasteiger partial charge in [0.2, 0.25) is 0 Å². The van der Waals surface area contributed by atoms with Crippen LogP contribution in [0.4, 0.5) is 0 Å². The summed E-state index contributed by atoms with van der Waals surface area (Å²) in [6, 6.07) is 7.95. The molecule has 2 heterocycles. The quantitative estimate of drug-likeness (QED) is 0.856. The molecule has 3 rings (SSSR count). The van der Waals surface area contributed by atoms with Crippen molar-refractivity contribution in [1.82, 2.24) is 15.0 Å². The molecule has 1 aliphatic rings. The lowest BCUT2D eigenvalue weighted by Gasteiger charge is -2.04. The molecule has 2 aromatic rings. The second-order valence-corrected chi connectivity index (χ2v) is 5.44. The molecule has 5 nitrogen and oxygen atoms in total. The molecule has 0 saturated carbocycles. The van der Waals surface area contributed by atoms with Crippen LogP contribution in [0.3, 0.4) is 0 Å². The lowest BCUT2D eigenvalue weighted by Crippen LogP contribution is -2.00. The lowest BCUT2D eigenvalue weighted by atomic mass is 10.2. The molecule has 1 fully saturated rings. The zero-order chi connectivity index (χ0) is 13.1. The molecule has 0 bridgehead atoms. The van der Waals surface area contributed by atoms with Gasteiger partial charge in [0, 0.05) is 5.75 Å². The van der Waals surface area contributed by atoms with E-state index in [-0.39, 0.29) is 5.44 Å². The van der Waals surface area contributed by atoms with E-state index in [1.54, 1.807) is 18.9 Å². The monoisotopic (exact) mass is 277 g/mol. The minimum atomic E-state index is 0.0408. The fraction of sp³-hybridized carbons (Fsp3) is 0.385. The minimum Gasteiger partial charge on any atom is -0.497 e. The third-order valence-electron chi connectivity index (χ3n) is 2.90. The van der Waals surface area contributed by atoms with Crippen molar-refractivity contribution in [1.29, 1.82) is 0 Å². The Kier molecular flexibility index (Phi) is 3.70. The van der Waals surface area contributed by atoms with E-state index in [9.17, 15) is 0 Å². The van der Waals surface area contributed by atoms with Crippen LogP contribution >= 0.6 is 11.8 Å². The molecule has 1 aliphatic heterocycles. The van der Waals surface area contributed by atoms with Gasteiger partial charge in [0.25, 0.3) is 0 Å². The summed E-state index contributed by atoms with van der Waals surface area (Å²) >= 11 is 1.76. The van der Waals surface area contributed by atoms with E-state index >= 15 is 0 Å². The van der Waals surface area contributed by atoms with Crippen molar-refractivity contribution in [3.63, 3.8) is 0 Å². The Hall–Kier alpha value is -1.53. The fourth-order valence-electron chi connectivity index (χ4n) is 1.99. The molecule has 0 spiro atoms. The largest absolute Gasteiger partial charge is 0.497 e. The number of hydrogen-bond donors (Lipinski definition) is 0. The average Bonchev–Trinajstić information content (AvgIpc) is 3.09. The molecular weight excluding hydrogens is 262 g/mol. The van der Waals surface area contributed by atoms with Crippen molar-refractivity contribution in [2.45, 2.75) is 12.0 Å². The second-order valence-electron chi connectivity index (χ2n) is 4.27. The highest BCUT2D eigenvalue weighted by Gasteiger charge is 2.21. The average molecular weight is 277 g/mol. The first-order chi connectivity index (χ1) is 9.35. The summed E-state index contributed by atoms with van der Waals surface area (Å²) in [4.78, 5) is 0. The van der Waals surface area contributed by atoms with Gasteiger partial charge in [-0.15, -0.1) is 16.9 Å². The zero-order valence-corrected chi connectivity index (χ0v) is 11.5. The number of benzene rings is 1. The summed E-state index contributed by atoms with van der Waals surface area (Å²) in [5, 5.41) is 8.32. The van der Waals surface area contributed by atoms with Crippen LogP contribution in [0.2, 0.25) is 0 Å². The minimum absolute atomic E-state index is 0.0408. The predicted molar refractivity (Wildman–Crippen MR) is 73.3 cm³/mol. The van der Waals surface area contributed by atoms with Crippen LogP contribution in [0.5, 0.6) is 5.75 Å². The van der Waals surface area contributed by atoms with Crippen LogP contribution in [0.1, 0.15) is 16.7 Å². The van der Waals surface area contributed by atoms with Crippen molar-refractivity contribution in [2.75, 3.05) is 19.5 Å². The second kappa shape index (κ2) is 5.63. The van der Waals surface area contributed by atoms with Crippen molar-refractivity contribution in [2.24, 2.45) is 0 Å². The van der Waals surface area contributed by atoms with Gasteiger partial charge < -0.3 is 9.47 Å². The van der Waals surface area contributed by atoms with Crippen LogP contribution in [-0.2, 0) is 11.3 Å². The number of nitrogens with zero attached hydrogens (tertiary/aromatic N) is 3. The van der Waals surface area contributed by atoms with E-state index in [1.165, 1.54) is 0 Å². The Morgan fingerprint density at radius 3 is 3.26 bits per heavy atom. The van der Waals surface area contributed by atoms with Crippen LogP contribution in [0.25, 0.3) is 0 Å². The number of thioether (sulfide) groups is 1. The van der Waals surface area contributed by atoms with Gasteiger partial charge in [-0.25, -0.2) is 4.68 Å². The molecule has 0 amide bonds. The number of hydrogen-bond acceptors (Lipinski definition) is 5. The summed E-state index contributed by atoms with van der Waals surface area (Å²) in [7, 11) is 1.67. The molecule has 6 heteroatoms. The third kappa shape index (κ3) is 2.90. The van der Waals surface area contributed by atoms with Crippen LogP contribution < -0.4 is 4.74 Å². The highest BCUT2D eigenvalue weighted by molar-refractivity contribution is 7.99. The molecule has 0 radical (unpaired) electrons. The van der Waals surface area contributed by atoms with E-state index in [2.05, 4.69) is 10.3 Å².